The van der Waals surface area contributed by atoms with Gasteiger partial charge in [0.15, 0.2) is 10.1 Å². The summed E-state index contributed by atoms with van der Waals surface area (Å²) >= 11 is 0. The van der Waals surface area contributed by atoms with Gasteiger partial charge >= 0.3 is 23.4 Å². The van der Waals surface area contributed by atoms with Crippen molar-refractivity contribution < 1.29 is 54.0 Å². The number of hydrogen-bond acceptors (Lipinski definition) is 7. The average Bonchev–Trinajstić information content (AvgIpc) is 2.54. The van der Waals surface area contributed by atoms with Crippen LogP contribution in [-0.4, -0.2) is 48.0 Å². The first-order chi connectivity index (χ1) is 14.2. The fraction of sp³-hybridized carbons (Fsp3) is 0.895. The van der Waals surface area contributed by atoms with Crippen molar-refractivity contribution in [2.24, 2.45) is 22.7 Å². The van der Waals surface area contributed by atoms with Gasteiger partial charge in [-0.25, -0.2) is 8.42 Å². The third-order valence-electron chi connectivity index (χ3n) is 6.52. The molecule has 0 amide bonds. The Hall–Kier alpha value is -1.50. The van der Waals surface area contributed by atoms with Crippen LogP contribution in [0.1, 0.15) is 59.3 Å². The minimum absolute atomic E-state index is 0.0391. The Balaban J connectivity index is 1.91. The molecule has 0 aliphatic heterocycles. The number of ether oxygens (including phenoxy) is 2. The van der Waals surface area contributed by atoms with Gasteiger partial charge in [-0.15, -0.1) is 0 Å². The van der Waals surface area contributed by atoms with Crippen molar-refractivity contribution in [3.05, 3.63) is 0 Å². The maximum Gasteiger partial charge on any atom is 0.432 e. The Morgan fingerprint density at radius 2 is 1.50 bits per heavy atom. The van der Waals surface area contributed by atoms with Gasteiger partial charge in [0.05, 0.1) is 10.8 Å². The quantitative estimate of drug-likeness (QED) is 0.329. The number of halogens is 5. The first-order valence-corrected chi connectivity index (χ1v) is 11.5. The molecule has 4 aliphatic rings. The summed E-state index contributed by atoms with van der Waals surface area (Å²) in [6.45, 7) is 4.83. The second-order valence-corrected chi connectivity index (χ2v) is 11.9. The Labute approximate surface area is 181 Å². The highest BCUT2D eigenvalue weighted by Crippen LogP contribution is 2.63. The van der Waals surface area contributed by atoms with Crippen molar-refractivity contribution in [1.29, 1.82) is 0 Å². The van der Waals surface area contributed by atoms with E-state index in [1.807, 2.05) is 0 Å². The van der Waals surface area contributed by atoms with E-state index in [-0.39, 0.29) is 31.1 Å². The van der Waals surface area contributed by atoms with E-state index < -0.39 is 56.0 Å². The second-order valence-electron chi connectivity index (χ2n) is 10.4. The molecule has 0 N–H and O–H groups in total. The van der Waals surface area contributed by atoms with Gasteiger partial charge in [-0.05, 0) is 64.7 Å². The molecular weight excluding hydrogens is 467 g/mol. The second kappa shape index (κ2) is 7.25. The fourth-order valence-corrected chi connectivity index (χ4v) is 6.02. The summed E-state index contributed by atoms with van der Waals surface area (Å²) in [5.41, 5.74) is -3.67. The molecule has 3 unspecified atom stereocenters. The van der Waals surface area contributed by atoms with Crippen LogP contribution < -0.4 is 0 Å². The Morgan fingerprint density at radius 1 is 1.00 bits per heavy atom. The van der Waals surface area contributed by atoms with Gasteiger partial charge in [-0.3, -0.25) is 9.59 Å². The third-order valence-corrected chi connectivity index (χ3v) is 7.40. The normalized spacial score (nSPS) is 33.7. The van der Waals surface area contributed by atoms with Gasteiger partial charge in [0, 0.05) is 6.42 Å². The molecule has 4 rings (SSSR count). The van der Waals surface area contributed by atoms with Gasteiger partial charge in [0.2, 0.25) is 0 Å². The van der Waals surface area contributed by atoms with Crippen LogP contribution in [0, 0.1) is 22.7 Å². The van der Waals surface area contributed by atoms with Crippen LogP contribution in [0.25, 0.3) is 0 Å². The molecular formula is C19H24F5O7S-. The van der Waals surface area contributed by atoms with E-state index in [0.29, 0.717) is 19.3 Å². The lowest BCUT2D eigenvalue weighted by Gasteiger charge is -2.60. The van der Waals surface area contributed by atoms with Crippen LogP contribution in [0.3, 0.4) is 0 Å². The van der Waals surface area contributed by atoms with E-state index in [1.54, 1.807) is 20.8 Å². The molecule has 0 radical (unpaired) electrons. The number of hydrogen-bond donors (Lipinski definition) is 0. The van der Waals surface area contributed by atoms with Crippen molar-refractivity contribution in [2.75, 3.05) is 0 Å². The average molecular weight is 491 g/mol. The molecule has 0 aromatic carbocycles. The van der Waals surface area contributed by atoms with Crippen molar-refractivity contribution in [1.82, 2.24) is 0 Å². The summed E-state index contributed by atoms with van der Waals surface area (Å²) in [4.78, 5) is 25.3. The number of alkyl halides is 5. The first-order valence-electron chi connectivity index (χ1n) is 10.1. The van der Waals surface area contributed by atoms with E-state index in [0.717, 1.165) is 0 Å². The van der Waals surface area contributed by atoms with E-state index in [1.165, 1.54) is 0 Å². The van der Waals surface area contributed by atoms with Crippen molar-refractivity contribution in [3.63, 3.8) is 0 Å². The Morgan fingerprint density at radius 3 is 1.91 bits per heavy atom. The Kier molecular flexibility index (Phi) is 5.69. The van der Waals surface area contributed by atoms with Crippen LogP contribution in [-0.2, 0) is 29.2 Å². The lowest BCUT2D eigenvalue weighted by molar-refractivity contribution is -0.270. The molecule has 7 nitrogen and oxygen atoms in total. The highest BCUT2D eigenvalue weighted by Gasteiger charge is 2.67. The molecule has 0 spiro atoms. The minimum atomic E-state index is -6.78. The molecule has 0 saturated heterocycles. The molecule has 4 bridgehead atoms. The van der Waals surface area contributed by atoms with Crippen LogP contribution in [0.4, 0.5) is 22.0 Å². The lowest BCUT2D eigenvalue weighted by Crippen LogP contribution is -2.62. The van der Waals surface area contributed by atoms with Crippen molar-refractivity contribution >= 4 is 22.1 Å². The monoisotopic (exact) mass is 491 g/mol. The standard InChI is InChI=1S/C19H25F5O7S/c1-15(2,3)13(25)31-17-7-10-4-11(8-17)6-16(5-10,9-17)14(26)30-12(18(20,21)22)19(23,24)32(27,28)29/h10-12H,4-9H2,1-3H3,(H,27,28,29)/p-1. The molecule has 4 saturated carbocycles. The summed E-state index contributed by atoms with van der Waals surface area (Å²) < 4.78 is 109. The zero-order chi connectivity index (χ0) is 24.5. The highest BCUT2D eigenvalue weighted by atomic mass is 32.2. The molecule has 4 aliphatic carbocycles. The number of rotatable bonds is 5. The summed E-state index contributed by atoms with van der Waals surface area (Å²) in [6.07, 6.45) is -9.18. The van der Waals surface area contributed by atoms with Crippen molar-refractivity contribution in [2.45, 2.75) is 82.4 Å². The summed E-state index contributed by atoms with van der Waals surface area (Å²) in [5, 5.41) is -5.90. The van der Waals surface area contributed by atoms with E-state index in [9.17, 15) is 44.5 Å². The molecule has 0 heterocycles. The van der Waals surface area contributed by atoms with Gasteiger partial charge < -0.3 is 14.0 Å². The Bertz CT molecular complexity index is 892. The fourth-order valence-electron chi connectivity index (χ4n) is 5.58. The van der Waals surface area contributed by atoms with Gasteiger partial charge in [0.25, 0.3) is 6.10 Å². The largest absolute Gasteiger partial charge is 0.743 e. The summed E-state index contributed by atoms with van der Waals surface area (Å²) in [7, 11) is -6.78. The lowest BCUT2D eigenvalue weighted by atomic mass is 9.48. The van der Waals surface area contributed by atoms with Crippen LogP contribution in [0.5, 0.6) is 0 Å². The van der Waals surface area contributed by atoms with Crippen LogP contribution in [0.2, 0.25) is 0 Å². The maximum absolute atomic E-state index is 13.8. The third kappa shape index (κ3) is 4.34. The van der Waals surface area contributed by atoms with E-state index in [4.69, 9.17) is 4.74 Å². The van der Waals surface area contributed by atoms with Crippen LogP contribution in [0.15, 0.2) is 0 Å². The van der Waals surface area contributed by atoms with Gasteiger partial charge in [-0.2, -0.15) is 22.0 Å². The summed E-state index contributed by atoms with van der Waals surface area (Å²) in [5.74, 6) is -2.64. The van der Waals surface area contributed by atoms with Crippen molar-refractivity contribution in [3.8, 4) is 0 Å². The maximum atomic E-state index is 13.8. The molecule has 184 valence electrons. The SMILES string of the molecule is CC(C)(C)C(=O)OC12CC3CC(C1)CC(C(=O)OC(C(F)(F)F)C(F)(F)S(=O)(=O)[O-])(C3)C2. The van der Waals surface area contributed by atoms with Gasteiger partial charge in [0.1, 0.15) is 5.60 Å². The topological polar surface area (TPSA) is 110 Å². The molecule has 0 aromatic heterocycles. The zero-order valence-corrected chi connectivity index (χ0v) is 18.4. The summed E-state index contributed by atoms with van der Waals surface area (Å²) in [6, 6.07) is 0. The molecule has 4 fully saturated rings. The number of carbonyl (C=O) groups is 2. The predicted molar refractivity (Wildman–Crippen MR) is 96.0 cm³/mol. The molecule has 3 atom stereocenters. The van der Waals surface area contributed by atoms with E-state index in [2.05, 4.69) is 4.74 Å². The smallest absolute Gasteiger partial charge is 0.432 e. The molecule has 32 heavy (non-hydrogen) atoms. The first kappa shape index (κ1) is 25.1. The predicted octanol–water partition coefficient (Wildman–Crippen LogP) is 3.53. The zero-order valence-electron chi connectivity index (χ0n) is 17.6. The molecule has 13 heteroatoms. The number of esters is 2. The van der Waals surface area contributed by atoms with E-state index >= 15 is 0 Å². The number of carbonyl (C=O) groups excluding carboxylic acids is 2. The highest BCUT2D eigenvalue weighted by molar-refractivity contribution is 7.86. The van der Waals surface area contributed by atoms with Crippen LogP contribution >= 0.6 is 0 Å². The van der Waals surface area contributed by atoms with Gasteiger partial charge in [-0.1, -0.05) is 0 Å². The molecule has 0 aromatic rings. The minimum Gasteiger partial charge on any atom is -0.743 e.